The van der Waals surface area contributed by atoms with Crippen LogP contribution in [0.5, 0.6) is 0 Å². The predicted octanol–water partition coefficient (Wildman–Crippen LogP) is 0.174. The summed E-state index contributed by atoms with van der Waals surface area (Å²) >= 11 is 3.23. The molecule has 2 N–H and O–H groups in total. The van der Waals surface area contributed by atoms with E-state index in [1.165, 1.54) is 4.68 Å². The molecule has 78 valence electrons. The number of aryl methyl sites for hydroxylation is 1. The Morgan fingerprint density at radius 2 is 2.29 bits per heavy atom. The monoisotopic (exact) mass is 260 g/mol. The van der Waals surface area contributed by atoms with E-state index in [0.29, 0.717) is 4.47 Å². The Bertz CT molecular complexity index is 363. The number of aromatic nitrogens is 2. The van der Waals surface area contributed by atoms with Crippen molar-refractivity contribution in [2.75, 3.05) is 25.5 Å². The number of hydrogen-bond donors (Lipinski definition) is 2. The van der Waals surface area contributed by atoms with Gasteiger partial charge in [0.25, 0.3) is 5.56 Å². The molecule has 0 amide bonds. The van der Waals surface area contributed by atoms with Crippen LogP contribution >= 0.6 is 15.9 Å². The van der Waals surface area contributed by atoms with E-state index in [1.54, 1.807) is 13.2 Å². The van der Waals surface area contributed by atoms with Crippen LogP contribution in [0.25, 0.3) is 0 Å². The molecule has 0 fully saturated rings. The molecule has 0 unspecified atom stereocenters. The highest BCUT2D eigenvalue weighted by molar-refractivity contribution is 9.10. The van der Waals surface area contributed by atoms with Gasteiger partial charge in [0.1, 0.15) is 4.47 Å². The first-order valence-corrected chi connectivity index (χ1v) is 5.06. The Morgan fingerprint density at radius 3 is 2.93 bits per heavy atom. The average Bonchev–Trinajstić information content (AvgIpc) is 2.18. The van der Waals surface area contributed by atoms with Gasteiger partial charge in [-0.2, -0.15) is 5.10 Å². The average molecular weight is 261 g/mol. The summed E-state index contributed by atoms with van der Waals surface area (Å²) in [4.78, 5) is 11.4. The number of anilines is 1. The Morgan fingerprint density at radius 1 is 1.57 bits per heavy atom. The topological polar surface area (TPSA) is 59.0 Å². The zero-order valence-corrected chi connectivity index (χ0v) is 9.76. The highest BCUT2D eigenvalue weighted by Crippen LogP contribution is 2.14. The van der Waals surface area contributed by atoms with Gasteiger partial charge in [-0.05, 0) is 23.0 Å². The first kappa shape index (κ1) is 11.2. The molecule has 1 rings (SSSR count). The fourth-order valence-corrected chi connectivity index (χ4v) is 1.46. The quantitative estimate of drug-likeness (QED) is 0.759. The van der Waals surface area contributed by atoms with Gasteiger partial charge >= 0.3 is 0 Å². The zero-order valence-electron chi connectivity index (χ0n) is 8.17. The van der Waals surface area contributed by atoms with Gasteiger partial charge in [-0.25, -0.2) is 4.68 Å². The van der Waals surface area contributed by atoms with Crippen LogP contribution in [0.2, 0.25) is 0 Å². The highest BCUT2D eigenvalue weighted by Gasteiger charge is 2.05. The summed E-state index contributed by atoms with van der Waals surface area (Å²) < 4.78 is 1.80. The van der Waals surface area contributed by atoms with Crippen LogP contribution < -0.4 is 16.2 Å². The van der Waals surface area contributed by atoms with Crippen LogP contribution in [0.4, 0.5) is 5.69 Å². The number of rotatable bonds is 4. The maximum absolute atomic E-state index is 11.4. The van der Waals surface area contributed by atoms with Crippen molar-refractivity contribution in [1.82, 2.24) is 15.1 Å². The normalized spacial score (nSPS) is 10.2. The molecule has 0 radical (unpaired) electrons. The Labute approximate surface area is 90.6 Å². The van der Waals surface area contributed by atoms with E-state index in [2.05, 4.69) is 31.7 Å². The van der Waals surface area contributed by atoms with E-state index >= 15 is 0 Å². The number of hydrogen-bond acceptors (Lipinski definition) is 4. The third-order valence-electron chi connectivity index (χ3n) is 1.77. The van der Waals surface area contributed by atoms with Crippen molar-refractivity contribution >= 4 is 21.6 Å². The lowest BCUT2D eigenvalue weighted by atomic mass is 10.4. The van der Waals surface area contributed by atoms with Crippen LogP contribution in [-0.2, 0) is 7.05 Å². The Balaban J connectivity index is 2.79. The molecule has 1 aromatic heterocycles. The smallest absolute Gasteiger partial charge is 0.282 e. The molecule has 0 aliphatic heterocycles. The molecule has 5 nitrogen and oxygen atoms in total. The van der Waals surface area contributed by atoms with Gasteiger partial charge in [-0.3, -0.25) is 4.79 Å². The molecule has 0 aliphatic rings. The lowest BCUT2D eigenvalue weighted by molar-refractivity contribution is 0.702. The largest absolute Gasteiger partial charge is 0.381 e. The van der Waals surface area contributed by atoms with Gasteiger partial charge in [-0.1, -0.05) is 0 Å². The maximum Gasteiger partial charge on any atom is 0.282 e. The summed E-state index contributed by atoms with van der Waals surface area (Å²) in [7, 11) is 3.49. The molecule has 0 aromatic carbocycles. The fourth-order valence-electron chi connectivity index (χ4n) is 0.956. The van der Waals surface area contributed by atoms with Crippen LogP contribution in [-0.4, -0.2) is 29.9 Å². The summed E-state index contributed by atoms with van der Waals surface area (Å²) in [6, 6.07) is 0. The van der Waals surface area contributed by atoms with Crippen LogP contribution in [0, 0.1) is 0 Å². The van der Waals surface area contributed by atoms with Gasteiger partial charge in [-0.15, -0.1) is 0 Å². The summed E-state index contributed by atoms with van der Waals surface area (Å²) in [6.45, 7) is 1.59. The number of halogens is 1. The third-order valence-corrected chi connectivity index (χ3v) is 2.53. The standard InChI is InChI=1S/C8H13BrN4O/c1-10-3-4-11-6-5-12-13(2)8(14)7(6)9/h5,10-11H,3-4H2,1-2H3. The molecule has 14 heavy (non-hydrogen) atoms. The number of nitrogens with zero attached hydrogens (tertiary/aromatic N) is 2. The lowest BCUT2D eigenvalue weighted by Crippen LogP contribution is -2.23. The molecular formula is C8H13BrN4O. The second-order valence-corrected chi connectivity index (χ2v) is 3.62. The minimum atomic E-state index is -0.139. The molecule has 0 saturated carbocycles. The number of nitrogens with one attached hydrogen (secondary N) is 2. The Hall–Kier alpha value is -0.880. The molecule has 0 atom stereocenters. The minimum absolute atomic E-state index is 0.139. The van der Waals surface area contributed by atoms with Crippen LogP contribution in [0.1, 0.15) is 0 Å². The van der Waals surface area contributed by atoms with Gasteiger partial charge in [0.15, 0.2) is 0 Å². The Kier molecular flexibility index (Phi) is 4.09. The van der Waals surface area contributed by atoms with E-state index in [4.69, 9.17) is 0 Å². The molecule has 0 bridgehead atoms. The fraction of sp³-hybridized carbons (Fsp3) is 0.500. The summed E-state index contributed by atoms with van der Waals surface area (Å²) in [5.41, 5.74) is 0.586. The van der Waals surface area contributed by atoms with E-state index < -0.39 is 0 Å². The molecule has 1 heterocycles. The van der Waals surface area contributed by atoms with E-state index in [-0.39, 0.29) is 5.56 Å². The van der Waals surface area contributed by atoms with Crippen molar-refractivity contribution in [2.24, 2.45) is 7.05 Å². The van der Waals surface area contributed by atoms with Gasteiger partial charge < -0.3 is 10.6 Å². The van der Waals surface area contributed by atoms with Gasteiger partial charge in [0, 0.05) is 20.1 Å². The maximum atomic E-state index is 11.4. The number of likely N-dealkylation sites (N-methyl/N-ethyl adjacent to an activating group) is 1. The molecule has 0 aliphatic carbocycles. The third kappa shape index (κ3) is 2.55. The SMILES string of the molecule is CNCCNc1cnn(C)c(=O)c1Br. The molecule has 0 saturated heterocycles. The minimum Gasteiger partial charge on any atom is -0.381 e. The lowest BCUT2D eigenvalue weighted by Gasteiger charge is -2.07. The van der Waals surface area contributed by atoms with Gasteiger partial charge in [0.05, 0.1) is 11.9 Å². The first-order valence-electron chi connectivity index (χ1n) is 4.27. The molecule has 6 heteroatoms. The van der Waals surface area contributed by atoms with Crippen molar-refractivity contribution in [2.45, 2.75) is 0 Å². The highest BCUT2D eigenvalue weighted by atomic mass is 79.9. The van der Waals surface area contributed by atoms with Crippen molar-refractivity contribution in [1.29, 1.82) is 0 Å². The molecule has 0 spiro atoms. The predicted molar refractivity (Wildman–Crippen MR) is 59.6 cm³/mol. The van der Waals surface area contributed by atoms with Gasteiger partial charge in [0.2, 0.25) is 0 Å². The zero-order chi connectivity index (χ0) is 10.6. The second-order valence-electron chi connectivity index (χ2n) is 2.83. The summed E-state index contributed by atoms with van der Waals surface area (Å²) in [6.07, 6.45) is 1.63. The molecular weight excluding hydrogens is 248 g/mol. The van der Waals surface area contributed by atoms with E-state index in [0.717, 1.165) is 18.8 Å². The van der Waals surface area contributed by atoms with E-state index in [9.17, 15) is 4.79 Å². The van der Waals surface area contributed by atoms with Crippen molar-refractivity contribution in [3.05, 3.63) is 21.0 Å². The van der Waals surface area contributed by atoms with Crippen LogP contribution in [0.3, 0.4) is 0 Å². The first-order chi connectivity index (χ1) is 6.66. The van der Waals surface area contributed by atoms with Crippen molar-refractivity contribution < 1.29 is 0 Å². The van der Waals surface area contributed by atoms with Crippen molar-refractivity contribution in [3.8, 4) is 0 Å². The van der Waals surface area contributed by atoms with Crippen LogP contribution in [0.15, 0.2) is 15.5 Å². The summed E-state index contributed by atoms with van der Waals surface area (Å²) in [5.74, 6) is 0. The van der Waals surface area contributed by atoms with Crippen molar-refractivity contribution in [3.63, 3.8) is 0 Å². The second kappa shape index (κ2) is 5.11. The summed E-state index contributed by atoms with van der Waals surface area (Å²) in [5, 5.41) is 10.0. The van der Waals surface area contributed by atoms with E-state index in [1.807, 2.05) is 7.05 Å². The molecule has 1 aromatic rings.